The first-order valence-electron chi connectivity index (χ1n) is 13.2. The van der Waals surface area contributed by atoms with Gasteiger partial charge in [-0.25, -0.2) is 9.37 Å². The number of para-hydroxylation sites is 1. The summed E-state index contributed by atoms with van der Waals surface area (Å²) in [5.74, 6) is -1.57. The van der Waals surface area contributed by atoms with E-state index in [-0.39, 0.29) is 35.4 Å². The quantitative estimate of drug-likeness (QED) is 0.263. The summed E-state index contributed by atoms with van der Waals surface area (Å²) >= 11 is 6.54. The Bertz CT molecular complexity index is 1850. The van der Waals surface area contributed by atoms with Gasteiger partial charge in [-0.15, -0.1) is 0 Å². The van der Waals surface area contributed by atoms with E-state index in [1.165, 1.54) is 28.9 Å². The first-order valence-corrected chi connectivity index (χ1v) is 13.6. The molecule has 11 heteroatoms. The normalized spacial score (nSPS) is 16.9. The van der Waals surface area contributed by atoms with Crippen molar-refractivity contribution in [3.63, 3.8) is 0 Å². The van der Waals surface area contributed by atoms with Crippen LogP contribution in [0.1, 0.15) is 30.8 Å². The first kappa shape index (κ1) is 26.6. The summed E-state index contributed by atoms with van der Waals surface area (Å²) in [5, 5.41) is 8.04. The lowest BCUT2D eigenvalue weighted by Gasteiger charge is -2.24. The predicted molar refractivity (Wildman–Crippen MR) is 154 cm³/mol. The van der Waals surface area contributed by atoms with Crippen LogP contribution in [0.15, 0.2) is 60.9 Å². The molecule has 41 heavy (non-hydrogen) atoms. The minimum atomic E-state index is -0.793. The number of H-pyrrole nitrogens is 1. The highest BCUT2D eigenvalue weighted by atomic mass is 35.5. The number of rotatable bonds is 6. The molecule has 1 aliphatic rings. The van der Waals surface area contributed by atoms with Gasteiger partial charge < -0.3 is 15.2 Å². The van der Waals surface area contributed by atoms with Crippen molar-refractivity contribution < 1.29 is 18.8 Å². The lowest BCUT2D eigenvalue weighted by atomic mass is 10.0. The number of likely N-dealkylation sites (tertiary alicyclic amines) is 1. The van der Waals surface area contributed by atoms with Crippen molar-refractivity contribution in [3.05, 3.63) is 77.5 Å². The molecule has 3 heterocycles. The van der Waals surface area contributed by atoms with Gasteiger partial charge in [0.1, 0.15) is 23.8 Å². The average Bonchev–Trinajstić information content (AvgIpc) is 3.68. The zero-order valence-electron chi connectivity index (χ0n) is 22.3. The molecule has 0 radical (unpaired) electrons. The standard InChI is InChI=1S/C30H26ClFN6O3/c1-16-12-24(37(13-16)25(40)14-38-23-9-4-3-6-20(23)28(36-38)17(2)39)30(41)35-21-8-5-7-19(27(21)32)18-10-11-22-29(26(18)31)34-15-33-22/h3-11,15-16,24H,12-14H2,1-2H3,(H,33,34)(H,35,41)/t16-,24+/m1/s1. The third-order valence-corrected chi connectivity index (χ3v) is 7.87. The third-order valence-electron chi connectivity index (χ3n) is 7.49. The van der Waals surface area contributed by atoms with Crippen LogP contribution in [-0.4, -0.2) is 54.8 Å². The number of nitrogens with zero attached hydrogens (tertiary/aromatic N) is 4. The second kappa shape index (κ2) is 10.4. The van der Waals surface area contributed by atoms with Gasteiger partial charge in [0.25, 0.3) is 0 Å². The van der Waals surface area contributed by atoms with Crippen LogP contribution in [0.2, 0.25) is 5.02 Å². The van der Waals surface area contributed by atoms with Gasteiger partial charge in [0.05, 0.1) is 28.1 Å². The van der Waals surface area contributed by atoms with Crippen molar-refractivity contribution in [2.24, 2.45) is 5.92 Å². The van der Waals surface area contributed by atoms with Crippen LogP contribution in [-0.2, 0) is 16.1 Å². The number of carbonyl (C=O) groups excluding carboxylic acids is 3. The van der Waals surface area contributed by atoms with E-state index in [1.807, 2.05) is 19.1 Å². The van der Waals surface area contributed by atoms with Gasteiger partial charge >= 0.3 is 0 Å². The Hall–Kier alpha value is -4.57. The number of Topliss-reactive ketones (excluding diaryl/α,β-unsaturated/α-hetero) is 1. The number of hydrogen-bond acceptors (Lipinski definition) is 5. The van der Waals surface area contributed by atoms with Crippen LogP contribution < -0.4 is 5.32 Å². The fraction of sp³-hybridized carbons (Fsp3) is 0.233. The van der Waals surface area contributed by atoms with Crippen molar-refractivity contribution in [1.82, 2.24) is 24.6 Å². The number of aromatic amines is 1. The van der Waals surface area contributed by atoms with Crippen LogP contribution in [0.25, 0.3) is 33.1 Å². The van der Waals surface area contributed by atoms with Crippen LogP contribution in [0.4, 0.5) is 10.1 Å². The molecule has 9 nitrogen and oxygen atoms in total. The molecule has 0 unspecified atom stereocenters. The molecule has 2 atom stereocenters. The van der Waals surface area contributed by atoms with Gasteiger partial charge in [-0.1, -0.05) is 54.9 Å². The summed E-state index contributed by atoms with van der Waals surface area (Å²) in [6.45, 7) is 3.62. The highest BCUT2D eigenvalue weighted by Crippen LogP contribution is 2.36. The van der Waals surface area contributed by atoms with Crippen molar-refractivity contribution in [2.45, 2.75) is 32.9 Å². The van der Waals surface area contributed by atoms with Crippen LogP contribution in [0, 0.1) is 11.7 Å². The van der Waals surface area contributed by atoms with E-state index >= 15 is 4.39 Å². The molecule has 3 aromatic carbocycles. The number of benzene rings is 3. The summed E-state index contributed by atoms with van der Waals surface area (Å²) in [7, 11) is 0. The van der Waals surface area contributed by atoms with Gasteiger partial charge in [-0.05, 0) is 30.5 Å². The van der Waals surface area contributed by atoms with Gasteiger partial charge in [0, 0.05) is 30.0 Å². The molecule has 0 spiro atoms. The maximum absolute atomic E-state index is 15.7. The van der Waals surface area contributed by atoms with E-state index in [9.17, 15) is 14.4 Å². The fourth-order valence-corrected chi connectivity index (χ4v) is 5.85. The summed E-state index contributed by atoms with van der Waals surface area (Å²) in [4.78, 5) is 47.7. The molecule has 1 saturated heterocycles. The van der Waals surface area contributed by atoms with Gasteiger partial charge in [-0.3, -0.25) is 19.1 Å². The Kier molecular flexibility index (Phi) is 6.78. The number of nitrogens with one attached hydrogen (secondary N) is 2. The molecule has 6 rings (SSSR count). The van der Waals surface area contributed by atoms with Gasteiger partial charge in [0.2, 0.25) is 11.8 Å². The molecule has 1 fully saturated rings. The second-order valence-electron chi connectivity index (χ2n) is 10.4. The molecule has 2 N–H and O–H groups in total. The Labute approximate surface area is 239 Å². The highest BCUT2D eigenvalue weighted by molar-refractivity contribution is 6.37. The van der Waals surface area contributed by atoms with Crippen molar-refractivity contribution in [3.8, 4) is 11.1 Å². The maximum Gasteiger partial charge on any atom is 0.247 e. The Morgan fingerprint density at radius 1 is 1.10 bits per heavy atom. The lowest BCUT2D eigenvalue weighted by molar-refractivity contribution is -0.137. The van der Waals surface area contributed by atoms with Crippen molar-refractivity contribution in [1.29, 1.82) is 0 Å². The Balaban J connectivity index is 1.24. The van der Waals surface area contributed by atoms with E-state index in [1.54, 1.807) is 36.4 Å². The molecule has 1 aliphatic heterocycles. The minimum absolute atomic E-state index is 0.0122. The average molecular weight is 573 g/mol. The molecule has 0 aliphatic carbocycles. The minimum Gasteiger partial charge on any atom is -0.345 e. The van der Waals surface area contributed by atoms with Crippen LogP contribution in [0.5, 0.6) is 0 Å². The maximum atomic E-state index is 15.7. The molecular weight excluding hydrogens is 547 g/mol. The summed E-state index contributed by atoms with van der Waals surface area (Å²) < 4.78 is 17.2. The lowest BCUT2D eigenvalue weighted by Crippen LogP contribution is -2.44. The van der Waals surface area contributed by atoms with E-state index in [2.05, 4.69) is 20.4 Å². The second-order valence-corrected chi connectivity index (χ2v) is 10.7. The largest absolute Gasteiger partial charge is 0.345 e. The van der Waals surface area contributed by atoms with Crippen LogP contribution >= 0.6 is 11.6 Å². The smallest absolute Gasteiger partial charge is 0.247 e. The summed E-state index contributed by atoms with van der Waals surface area (Å²) in [5.41, 5.74) is 2.85. The first-order chi connectivity index (χ1) is 19.7. The van der Waals surface area contributed by atoms with E-state index in [4.69, 9.17) is 11.6 Å². The number of hydrogen-bond donors (Lipinski definition) is 2. The number of fused-ring (bicyclic) bond motifs is 2. The van der Waals surface area contributed by atoms with Gasteiger partial charge in [0.15, 0.2) is 11.6 Å². The van der Waals surface area contributed by atoms with Crippen LogP contribution in [0.3, 0.4) is 0 Å². The number of anilines is 1. The van der Waals surface area contributed by atoms with E-state index < -0.39 is 17.8 Å². The molecule has 5 aromatic rings. The number of amides is 2. The Morgan fingerprint density at radius 2 is 1.90 bits per heavy atom. The predicted octanol–water partition coefficient (Wildman–Crippen LogP) is 5.45. The third kappa shape index (κ3) is 4.74. The van der Waals surface area contributed by atoms with E-state index in [0.29, 0.717) is 45.7 Å². The number of carbonyl (C=O) groups is 3. The molecular formula is C30H26ClFN6O3. The topological polar surface area (TPSA) is 113 Å². The number of halogens is 2. The summed E-state index contributed by atoms with van der Waals surface area (Å²) in [6, 6.07) is 14.6. The molecule has 2 amide bonds. The Morgan fingerprint density at radius 3 is 2.71 bits per heavy atom. The number of imidazole rings is 1. The number of aromatic nitrogens is 4. The summed E-state index contributed by atoms with van der Waals surface area (Å²) in [6.07, 6.45) is 1.94. The molecule has 0 saturated carbocycles. The zero-order chi connectivity index (χ0) is 28.8. The number of ketones is 1. The molecule has 0 bridgehead atoms. The SMILES string of the molecule is CC(=O)c1nn(CC(=O)N2C[C@H](C)C[C@H]2C(=O)Nc2cccc(-c3ccc4[nH]cnc4c3Cl)c2F)c2ccccc12. The monoisotopic (exact) mass is 572 g/mol. The zero-order valence-corrected chi connectivity index (χ0v) is 23.1. The highest BCUT2D eigenvalue weighted by Gasteiger charge is 2.38. The van der Waals surface area contributed by atoms with Gasteiger partial charge in [-0.2, -0.15) is 5.10 Å². The van der Waals surface area contributed by atoms with E-state index in [0.717, 1.165) is 5.52 Å². The molecule has 2 aromatic heterocycles. The van der Waals surface area contributed by atoms with Crippen molar-refractivity contribution in [2.75, 3.05) is 11.9 Å². The fourth-order valence-electron chi connectivity index (χ4n) is 5.53. The van der Waals surface area contributed by atoms with Crippen molar-refractivity contribution >= 4 is 56.8 Å². The molecule has 208 valence electrons.